The number of hydrogen-bond donors (Lipinski definition) is 0. The van der Waals surface area contributed by atoms with E-state index in [1.54, 1.807) is 0 Å². The van der Waals surface area contributed by atoms with E-state index in [4.69, 9.17) is 0 Å². The molecule has 0 N–H and O–H groups in total. The quantitative estimate of drug-likeness (QED) is 0.404. The van der Waals surface area contributed by atoms with E-state index in [1.165, 1.54) is 44.5 Å². The van der Waals surface area contributed by atoms with E-state index in [0.29, 0.717) is 0 Å². The summed E-state index contributed by atoms with van der Waals surface area (Å²) in [7, 11) is 0. The molecule has 2 aromatic carbocycles. The largest absolute Gasteiger partial charge is 3.00 e. The monoisotopic (exact) mass is 457 g/mol. The molecule has 3 aliphatic rings. The fourth-order valence-corrected chi connectivity index (χ4v) is 4.40. The second-order valence-electron chi connectivity index (χ2n) is 8.34. The topological polar surface area (TPSA) is 0 Å². The van der Waals surface area contributed by atoms with Crippen LogP contribution in [0.4, 0.5) is 0 Å². The Morgan fingerprint density at radius 2 is 1.38 bits per heavy atom. The van der Waals surface area contributed by atoms with Crippen LogP contribution in [0.3, 0.4) is 0 Å². The summed E-state index contributed by atoms with van der Waals surface area (Å²) in [4.78, 5) is 0. The van der Waals surface area contributed by atoms with Crippen LogP contribution in [0.1, 0.15) is 61.1 Å². The molecular formula is C23H21Cl2Zr. The minimum Gasteiger partial charge on any atom is -1.00 e. The van der Waals surface area contributed by atoms with Crippen molar-refractivity contribution in [2.75, 3.05) is 0 Å². The van der Waals surface area contributed by atoms with Crippen LogP contribution >= 0.6 is 0 Å². The van der Waals surface area contributed by atoms with E-state index in [0.717, 1.165) is 6.42 Å². The summed E-state index contributed by atoms with van der Waals surface area (Å²) in [6, 6.07) is 9.66. The molecule has 0 aliphatic heterocycles. The van der Waals surface area contributed by atoms with E-state index in [2.05, 4.69) is 76.3 Å². The Kier molecular flexibility index (Phi) is 5.64. The second kappa shape index (κ2) is 6.77. The third kappa shape index (κ3) is 2.92. The molecule has 0 bridgehead atoms. The molecule has 0 unspecified atom stereocenters. The standard InChI is InChI=1S/C23H21.2ClH.Zr/c1-22(2)7-5-14-10-18-16(12-20(14)22)9-17-13-21-15(11-19(17)18)6-8-23(21,3)4;;;/h5-7,10-13H,9H2,1-4H3;2*1H;/q-1;;;+3/p-2. The van der Waals surface area contributed by atoms with Crippen molar-refractivity contribution in [3.63, 3.8) is 0 Å². The van der Waals surface area contributed by atoms with E-state index in [-0.39, 0.29) is 61.8 Å². The zero-order chi connectivity index (χ0) is 16.0. The van der Waals surface area contributed by atoms with E-state index in [1.807, 2.05) is 0 Å². The number of allylic oxidation sites excluding steroid dienone is 2. The van der Waals surface area contributed by atoms with Gasteiger partial charge in [-0.15, -0.1) is 11.6 Å². The van der Waals surface area contributed by atoms with Crippen molar-refractivity contribution in [3.8, 4) is 11.1 Å². The molecule has 131 valence electrons. The summed E-state index contributed by atoms with van der Waals surface area (Å²) >= 11 is 0. The van der Waals surface area contributed by atoms with Gasteiger partial charge in [-0.2, -0.15) is 5.56 Å². The van der Waals surface area contributed by atoms with Gasteiger partial charge in [0.1, 0.15) is 0 Å². The van der Waals surface area contributed by atoms with Gasteiger partial charge in [-0.3, -0.25) is 6.08 Å². The minimum absolute atomic E-state index is 0. The Bertz CT molecular complexity index is 872. The van der Waals surface area contributed by atoms with Gasteiger partial charge in [-0.25, -0.2) is 6.08 Å². The fraction of sp³-hybridized carbons (Fsp3) is 0.304. The van der Waals surface area contributed by atoms with Crippen molar-refractivity contribution in [1.82, 2.24) is 0 Å². The Morgan fingerprint density at radius 1 is 0.808 bits per heavy atom. The molecule has 0 spiro atoms. The Morgan fingerprint density at radius 3 is 2.04 bits per heavy atom. The second-order valence-corrected chi connectivity index (χ2v) is 8.34. The summed E-state index contributed by atoms with van der Waals surface area (Å²) in [5.74, 6) is 0. The molecule has 0 atom stereocenters. The first-order valence-corrected chi connectivity index (χ1v) is 8.50. The van der Waals surface area contributed by atoms with Crippen molar-refractivity contribution in [2.24, 2.45) is 0 Å². The van der Waals surface area contributed by atoms with Crippen molar-refractivity contribution in [2.45, 2.75) is 44.9 Å². The van der Waals surface area contributed by atoms with Gasteiger partial charge in [0.25, 0.3) is 0 Å². The van der Waals surface area contributed by atoms with Crippen molar-refractivity contribution in [1.29, 1.82) is 0 Å². The summed E-state index contributed by atoms with van der Waals surface area (Å²) in [5.41, 5.74) is 11.7. The molecule has 0 saturated carbocycles. The van der Waals surface area contributed by atoms with Crippen LogP contribution in [-0.4, -0.2) is 0 Å². The van der Waals surface area contributed by atoms with Gasteiger partial charge in [-0.1, -0.05) is 57.4 Å². The summed E-state index contributed by atoms with van der Waals surface area (Å²) in [6.45, 7) is 9.13. The number of halogens is 2. The summed E-state index contributed by atoms with van der Waals surface area (Å²) in [6.07, 6.45) is 11.4. The molecule has 0 saturated heterocycles. The normalized spacial score (nSPS) is 18.0. The van der Waals surface area contributed by atoms with Gasteiger partial charge < -0.3 is 24.8 Å². The SMILES string of the molecule is CC1(C)[C-]=Cc2cc3c(cc21)Cc1cc2c(cc1-3)C=CC2(C)C.[Cl-].[Cl-].[Zr+3]. The Balaban J connectivity index is 0.000000810. The van der Waals surface area contributed by atoms with Crippen LogP contribution < -0.4 is 24.8 Å². The number of rotatable bonds is 0. The first-order valence-electron chi connectivity index (χ1n) is 8.50. The van der Waals surface area contributed by atoms with Gasteiger partial charge in [0.2, 0.25) is 0 Å². The number of benzene rings is 2. The molecule has 1 radical (unpaired) electrons. The Hall–Kier alpha value is -0.617. The van der Waals surface area contributed by atoms with Crippen LogP contribution in [-0.2, 0) is 43.5 Å². The third-order valence-electron chi connectivity index (χ3n) is 5.86. The van der Waals surface area contributed by atoms with Gasteiger partial charge in [0, 0.05) is 5.41 Å². The molecule has 0 aromatic heterocycles. The first kappa shape index (κ1) is 21.7. The van der Waals surface area contributed by atoms with E-state index >= 15 is 0 Å². The molecule has 3 heteroatoms. The molecule has 0 nitrogen and oxygen atoms in total. The molecule has 2 aromatic rings. The average Bonchev–Trinajstić information content (AvgIpc) is 3.09. The fourth-order valence-electron chi connectivity index (χ4n) is 4.40. The van der Waals surface area contributed by atoms with Gasteiger partial charge >= 0.3 is 26.2 Å². The van der Waals surface area contributed by atoms with Crippen LogP contribution in [0.25, 0.3) is 23.3 Å². The smallest absolute Gasteiger partial charge is 1.00 e. The molecule has 0 amide bonds. The maximum atomic E-state index is 3.50. The van der Waals surface area contributed by atoms with Gasteiger partial charge in [0.15, 0.2) is 0 Å². The van der Waals surface area contributed by atoms with Crippen LogP contribution in [0.5, 0.6) is 0 Å². The van der Waals surface area contributed by atoms with Crippen LogP contribution in [0.15, 0.2) is 30.3 Å². The summed E-state index contributed by atoms with van der Waals surface area (Å²) < 4.78 is 0. The van der Waals surface area contributed by atoms with Crippen molar-refractivity contribution >= 4 is 12.2 Å². The van der Waals surface area contributed by atoms with Crippen LogP contribution in [0.2, 0.25) is 0 Å². The number of fused-ring (bicyclic) bond motifs is 5. The summed E-state index contributed by atoms with van der Waals surface area (Å²) in [5, 5.41) is 0. The molecule has 0 heterocycles. The van der Waals surface area contributed by atoms with Crippen molar-refractivity contribution in [3.05, 3.63) is 69.8 Å². The van der Waals surface area contributed by atoms with E-state index in [9.17, 15) is 0 Å². The molecular weight excluding hydrogens is 438 g/mol. The molecule has 0 fully saturated rings. The maximum absolute atomic E-state index is 3.50. The van der Waals surface area contributed by atoms with Gasteiger partial charge in [0.05, 0.1) is 0 Å². The maximum Gasteiger partial charge on any atom is 3.00 e. The average molecular weight is 460 g/mol. The van der Waals surface area contributed by atoms with E-state index < -0.39 is 0 Å². The number of hydrogen-bond acceptors (Lipinski definition) is 0. The zero-order valence-corrected chi connectivity index (χ0v) is 19.5. The Labute approximate surface area is 188 Å². The first-order chi connectivity index (χ1) is 10.9. The van der Waals surface area contributed by atoms with Crippen molar-refractivity contribution < 1.29 is 51.0 Å². The molecule has 3 aliphatic carbocycles. The van der Waals surface area contributed by atoms with Gasteiger partial charge in [-0.05, 0) is 45.9 Å². The zero-order valence-electron chi connectivity index (χ0n) is 15.5. The minimum atomic E-state index is 0. The molecule has 26 heavy (non-hydrogen) atoms. The third-order valence-corrected chi connectivity index (χ3v) is 5.86. The predicted octanol–water partition coefficient (Wildman–Crippen LogP) is -0.325. The molecule has 5 rings (SSSR count). The predicted molar refractivity (Wildman–Crippen MR) is 97.5 cm³/mol. The van der Waals surface area contributed by atoms with Crippen LogP contribution in [0, 0.1) is 6.08 Å².